The summed E-state index contributed by atoms with van der Waals surface area (Å²) in [6.45, 7) is 1.16. The Kier molecular flexibility index (Phi) is 5.76. The fourth-order valence-electron chi connectivity index (χ4n) is 3.46. The Balaban J connectivity index is 1.69. The summed E-state index contributed by atoms with van der Waals surface area (Å²) in [6.07, 6.45) is 2.56. The molecule has 1 amide bonds. The Morgan fingerprint density at radius 2 is 2.26 bits per heavy atom. The van der Waals surface area contributed by atoms with Gasteiger partial charge in [-0.3, -0.25) is 9.69 Å². The van der Waals surface area contributed by atoms with Crippen molar-refractivity contribution in [1.82, 2.24) is 15.0 Å². The van der Waals surface area contributed by atoms with E-state index >= 15 is 0 Å². The van der Waals surface area contributed by atoms with Crippen LogP contribution >= 0.6 is 0 Å². The van der Waals surface area contributed by atoms with Gasteiger partial charge in [-0.2, -0.15) is 0 Å². The van der Waals surface area contributed by atoms with Gasteiger partial charge in [0.15, 0.2) is 11.4 Å². The number of methoxy groups -OCH3 is 1. The molecule has 3 rings (SSSR count). The van der Waals surface area contributed by atoms with Gasteiger partial charge in [-0.1, -0.05) is 5.16 Å². The van der Waals surface area contributed by atoms with Gasteiger partial charge in [-0.15, -0.1) is 0 Å². The summed E-state index contributed by atoms with van der Waals surface area (Å²) in [4.78, 5) is 16.2. The Morgan fingerprint density at radius 1 is 1.44 bits per heavy atom. The van der Waals surface area contributed by atoms with Gasteiger partial charge in [0.05, 0.1) is 19.9 Å². The van der Waals surface area contributed by atoms with E-state index in [1.165, 1.54) is 24.1 Å². The van der Waals surface area contributed by atoms with Crippen LogP contribution in [0.1, 0.15) is 24.2 Å². The molecule has 8 heteroatoms. The minimum absolute atomic E-state index is 0.0932. The number of carbonyl (C=O) groups is 1. The monoisotopic (exact) mass is 377 g/mol. The average Bonchev–Trinajstić information content (AvgIpc) is 3.13. The molecule has 1 aromatic carbocycles. The van der Waals surface area contributed by atoms with E-state index in [0.717, 1.165) is 0 Å². The lowest BCUT2D eigenvalue weighted by atomic mass is 9.90. The van der Waals surface area contributed by atoms with Gasteiger partial charge < -0.3 is 19.3 Å². The van der Waals surface area contributed by atoms with E-state index in [4.69, 9.17) is 9.26 Å². The first-order chi connectivity index (χ1) is 12.9. The number of nitrogens with zero attached hydrogens (tertiary/aromatic N) is 3. The number of aliphatic hydroxyl groups is 1. The Bertz CT molecular complexity index is 783. The number of hydrogen-bond donors (Lipinski definition) is 1. The molecule has 7 nitrogen and oxygen atoms in total. The Morgan fingerprint density at radius 3 is 2.96 bits per heavy atom. The van der Waals surface area contributed by atoms with E-state index < -0.39 is 11.4 Å². The first-order valence-corrected chi connectivity index (χ1v) is 8.83. The summed E-state index contributed by atoms with van der Waals surface area (Å²) in [5, 5.41) is 14.6. The van der Waals surface area contributed by atoms with Crippen molar-refractivity contribution in [1.29, 1.82) is 0 Å². The summed E-state index contributed by atoms with van der Waals surface area (Å²) >= 11 is 0. The van der Waals surface area contributed by atoms with Gasteiger partial charge in [0.1, 0.15) is 11.6 Å². The molecule has 0 radical (unpaired) electrons. The molecule has 1 aliphatic rings. The number of hydrogen-bond acceptors (Lipinski definition) is 6. The zero-order chi connectivity index (χ0) is 19.4. The maximum absolute atomic E-state index is 14.1. The van der Waals surface area contributed by atoms with E-state index in [0.29, 0.717) is 43.0 Å². The van der Waals surface area contributed by atoms with E-state index in [9.17, 15) is 14.3 Å². The fraction of sp³-hybridized carbons (Fsp3) is 0.474. The molecule has 0 saturated carbocycles. The third kappa shape index (κ3) is 4.45. The number of aromatic nitrogens is 1. The summed E-state index contributed by atoms with van der Waals surface area (Å²) in [6, 6.07) is 6.17. The number of carbonyl (C=O) groups excluding carboxylic acids is 1. The minimum atomic E-state index is -1.51. The van der Waals surface area contributed by atoms with Crippen molar-refractivity contribution in [2.75, 3.05) is 27.2 Å². The second-order valence-electron chi connectivity index (χ2n) is 6.97. The SMILES string of the molecule is COc1ccc(F)c(CN2CCCC(O)(CN(C)Cc3ccno3)C2=O)c1. The second kappa shape index (κ2) is 8.06. The largest absolute Gasteiger partial charge is 0.497 e. The lowest BCUT2D eigenvalue weighted by molar-refractivity contribution is -0.160. The van der Waals surface area contributed by atoms with Crippen LogP contribution in [-0.2, 0) is 17.9 Å². The van der Waals surface area contributed by atoms with E-state index in [1.807, 2.05) is 4.90 Å². The first kappa shape index (κ1) is 19.3. The number of amides is 1. The van der Waals surface area contributed by atoms with Crippen LogP contribution < -0.4 is 4.74 Å². The molecule has 0 aliphatic carbocycles. The number of likely N-dealkylation sites (tertiary alicyclic amines) is 1. The van der Waals surface area contributed by atoms with E-state index in [1.54, 1.807) is 25.4 Å². The van der Waals surface area contributed by atoms with Gasteiger partial charge >= 0.3 is 0 Å². The Labute approximate surface area is 157 Å². The molecule has 1 fully saturated rings. The summed E-state index contributed by atoms with van der Waals surface area (Å²) < 4.78 is 24.3. The number of rotatable bonds is 7. The zero-order valence-corrected chi connectivity index (χ0v) is 15.5. The molecular weight excluding hydrogens is 353 g/mol. The number of ether oxygens (including phenoxy) is 1. The van der Waals surface area contributed by atoms with E-state index in [2.05, 4.69) is 5.16 Å². The first-order valence-electron chi connectivity index (χ1n) is 8.83. The highest BCUT2D eigenvalue weighted by Crippen LogP contribution is 2.27. The predicted octanol–water partition coefficient (Wildman–Crippen LogP) is 1.81. The molecule has 2 aromatic rings. The van der Waals surface area contributed by atoms with Gasteiger partial charge in [-0.05, 0) is 38.1 Å². The third-order valence-corrected chi connectivity index (χ3v) is 4.77. The second-order valence-corrected chi connectivity index (χ2v) is 6.97. The normalized spacial score (nSPS) is 20.3. The number of halogens is 1. The molecule has 146 valence electrons. The zero-order valence-electron chi connectivity index (χ0n) is 15.5. The van der Waals surface area contributed by atoms with Crippen molar-refractivity contribution in [3.8, 4) is 5.75 Å². The van der Waals surface area contributed by atoms with Crippen molar-refractivity contribution in [3.05, 3.63) is 47.6 Å². The van der Waals surface area contributed by atoms with Gasteiger partial charge in [0, 0.05) is 31.3 Å². The molecular formula is C19H24FN3O4. The quantitative estimate of drug-likeness (QED) is 0.793. The fourth-order valence-corrected chi connectivity index (χ4v) is 3.46. The van der Waals surface area contributed by atoms with Crippen LogP contribution in [-0.4, -0.2) is 58.8 Å². The van der Waals surface area contributed by atoms with Crippen LogP contribution in [0.5, 0.6) is 5.75 Å². The molecule has 1 aromatic heterocycles. The summed E-state index contributed by atoms with van der Waals surface area (Å²) in [7, 11) is 3.31. The van der Waals surface area contributed by atoms with Crippen LogP contribution in [0.15, 0.2) is 35.0 Å². The molecule has 1 N–H and O–H groups in total. The van der Waals surface area contributed by atoms with Crippen molar-refractivity contribution in [2.24, 2.45) is 0 Å². The number of benzene rings is 1. The van der Waals surface area contributed by atoms with Crippen LogP contribution in [0.3, 0.4) is 0 Å². The highest BCUT2D eigenvalue weighted by molar-refractivity contribution is 5.86. The average molecular weight is 377 g/mol. The number of piperidine rings is 1. The molecule has 27 heavy (non-hydrogen) atoms. The third-order valence-electron chi connectivity index (χ3n) is 4.77. The predicted molar refractivity (Wildman–Crippen MR) is 95.4 cm³/mol. The highest BCUT2D eigenvalue weighted by atomic mass is 19.1. The topological polar surface area (TPSA) is 79.0 Å². The number of likely N-dealkylation sites (N-methyl/N-ethyl adjacent to an activating group) is 1. The minimum Gasteiger partial charge on any atom is -0.497 e. The molecule has 1 aliphatic heterocycles. The van der Waals surface area contributed by atoms with Crippen molar-refractivity contribution in [3.63, 3.8) is 0 Å². The van der Waals surface area contributed by atoms with Crippen LogP contribution in [0, 0.1) is 5.82 Å². The van der Waals surface area contributed by atoms with E-state index in [-0.39, 0.29) is 19.0 Å². The molecule has 1 saturated heterocycles. The molecule has 2 heterocycles. The molecule has 1 unspecified atom stereocenters. The van der Waals surface area contributed by atoms with Crippen LogP contribution in [0.25, 0.3) is 0 Å². The lowest BCUT2D eigenvalue weighted by Gasteiger charge is -2.40. The molecule has 0 spiro atoms. The van der Waals surface area contributed by atoms with Gasteiger partial charge in [0.2, 0.25) is 0 Å². The summed E-state index contributed by atoms with van der Waals surface area (Å²) in [5.41, 5.74) is -1.15. The standard InChI is InChI=1S/C19H24FN3O4/c1-22(12-16-6-8-21-27-16)13-19(25)7-3-9-23(18(19)24)11-14-10-15(26-2)4-5-17(14)20/h4-6,8,10,25H,3,7,9,11-13H2,1-2H3. The maximum atomic E-state index is 14.1. The Hall–Kier alpha value is -2.45. The van der Waals surface area contributed by atoms with Crippen molar-refractivity contribution in [2.45, 2.75) is 31.5 Å². The smallest absolute Gasteiger partial charge is 0.256 e. The van der Waals surface area contributed by atoms with Gasteiger partial charge in [0.25, 0.3) is 5.91 Å². The van der Waals surface area contributed by atoms with Crippen LogP contribution in [0.4, 0.5) is 4.39 Å². The molecule has 0 bridgehead atoms. The highest BCUT2D eigenvalue weighted by Gasteiger charge is 2.43. The molecule has 1 atom stereocenters. The van der Waals surface area contributed by atoms with Crippen LogP contribution in [0.2, 0.25) is 0 Å². The summed E-state index contributed by atoms with van der Waals surface area (Å²) in [5.74, 6) is 0.387. The maximum Gasteiger partial charge on any atom is 0.256 e. The lowest BCUT2D eigenvalue weighted by Crippen LogP contribution is -2.57. The van der Waals surface area contributed by atoms with Crippen molar-refractivity contribution >= 4 is 5.91 Å². The van der Waals surface area contributed by atoms with Gasteiger partial charge in [-0.25, -0.2) is 4.39 Å². The van der Waals surface area contributed by atoms with Crippen molar-refractivity contribution < 1.29 is 23.6 Å².